The van der Waals surface area contributed by atoms with Gasteiger partial charge in [0.25, 0.3) is 0 Å². The van der Waals surface area contributed by atoms with E-state index in [4.69, 9.17) is 11.6 Å². The Hall–Kier alpha value is -1.45. The standard InChI is InChI=1S/C17H20ClNO2/c1-10-2-3-13-11(6-10)4-5-19-15(13)7-12-8-16(20)17(21)9-14(12)18/h2,8-9,15,19-21H,3-7H2,1H3. The van der Waals surface area contributed by atoms with Gasteiger partial charge in [-0.15, -0.1) is 0 Å². The van der Waals surface area contributed by atoms with Crippen LogP contribution in [0.4, 0.5) is 0 Å². The van der Waals surface area contributed by atoms with Crippen LogP contribution in [0.25, 0.3) is 0 Å². The molecule has 0 bridgehead atoms. The van der Waals surface area contributed by atoms with E-state index in [1.807, 2.05) is 0 Å². The predicted molar refractivity (Wildman–Crippen MR) is 84.9 cm³/mol. The molecule has 3 rings (SSSR count). The highest BCUT2D eigenvalue weighted by Crippen LogP contribution is 2.35. The van der Waals surface area contributed by atoms with Gasteiger partial charge in [-0.2, -0.15) is 0 Å². The van der Waals surface area contributed by atoms with Crippen molar-refractivity contribution in [1.29, 1.82) is 0 Å². The Morgan fingerprint density at radius 2 is 2.05 bits per heavy atom. The van der Waals surface area contributed by atoms with Crippen molar-refractivity contribution in [3.05, 3.63) is 45.5 Å². The number of hydrogen-bond acceptors (Lipinski definition) is 3. The van der Waals surface area contributed by atoms with E-state index in [0.29, 0.717) is 5.02 Å². The second-order valence-corrected chi connectivity index (χ2v) is 6.36. The lowest BCUT2D eigenvalue weighted by Crippen LogP contribution is -2.39. The van der Waals surface area contributed by atoms with Crippen molar-refractivity contribution in [3.63, 3.8) is 0 Å². The molecule has 0 fully saturated rings. The molecule has 1 aliphatic carbocycles. The lowest BCUT2D eigenvalue weighted by atomic mass is 9.82. The van der Waals surface area contributed by atoms with Gasteiger partial charge in [0, 0.05) is 17.1 Å². The molecule has 3 nitrogen and oxygen atoms in total. The zero-order valence-electron chi connectivity index (χ0n) is 12.1. The normalized spacial score (nSPS) is 22.0. The average molecular weight is 306 g/mol. The molecule has 0 aromatic heterocycles. The van der Waals surface area contributed by atoms with Crippen LogP contribution in [0, 0.1) is 0 Å². The number of halogens is 1. The summed E-state index contributed by atoms with van der Waals surface area (Å²) in [6.45, 7) is 3.17. The highest BCUT2D eigenvalue weighted by atomic mass is 35.5. The molecule has 1 aromatic carbocycles. The Morgan fingerprint density at radius 1 is 1.29 bits per heavy atom. The summed E-state index contributed by atoms with van der Waals surface area (Å²) in [6, 6.07) is 3.24. The second-order valence-electron chi connectivity index (χ2n) is 5.95. The molecule has 1 aliphatic heterocycles. The van der Waals surface area contributed by atoms with Gasteiger partial charge in [0.15, 0.2) is 11.5 Å². The maximum atomic E-state index is 9.67. The van der Waals surface area contributed by atoms with Crippen LogP contribution in [0.15, 0.2) is 34.9 Å². The summed E-state index contributed by atoms with van der Waals surface area (Å²) >= 11 is 6.19. The van der Waals surface area contributed by atoms with Crippen LogP contribution in [0.3, 0.4) is 0 Å². The first-order valence-electron chi connectivity index (χ1n) is 7.34. The van der Waals surface area contributed by atoms with Gasteiger partial charge in [-0.1, -0.05) is 28.8 Å². The Kier molecular flexibility index (Phi) is 3.96. The molecule has 3 N–H and O–H groups in total. The van der Waals surface area contributed by atoms with Crippen LogP contribution in [-0.2, 0) is 6.42 Å². The highest BCUT2D eigenvalue weighted by Gasteiger charge is 2.25. The summed E-state index contributed by atoms with van der Waals surface area (Å²) in [4.78, 5) is 0. The van der Waals surface area contributed by atoms with Gasteiger partial charge >= 0.3 is 0 Å². The number of aromatic hydroxyl groups is 2. The van der Waals surface area contributed by atoms with Crippen molar-refractivity contribution >= 4 is 11.6 Å². The van der Waals surface area contributed by atoms with E-state index in [2.05, 4.69) is 18.3 Å². The lowest BCUT2D eigenvalue weighted by Gasteiger charge is -2.32. The Morgan fingerprint density at radius 3 is 2.86 bits per heavy atom. The molecule has 1 unspecified atom stereocenters. The minimum atomic E-state index is -0.170. The number of benzene rings is 1. The quantitative estimate of drug-likeness (QED) is 0.577. The molecule has 4 heteroatoms. The van der Waals surface area contributed by atoms with Crippen molar-refractivity contribution < 1.29 is 10.2 Å². The molecule has 2 aliphatic rings. The number of hydrogen-bond donors (Lipinski definition) is 3. The van der Waals surface area contributed by atoms with E-state index in [1.165, 1.54) is 17.2 Å². The zero-order valence-corrected chi connectivity index (χ0v) is 12.9. The zero-order chi connectivity index (χ0) is 15.0. The molecule has 1 heterocycles. The second kappa shape index (κ2) is 5.74. The van der Waals surface area contributed by atoms with E-state index in [-0.39, 0.29) is 17.5 Å². The SMILES string of the molecule is CC1=CCC2=C(CCNC2Cc2cc(O)c(O)cc2Cl)C1. The first kappa shape index (κ1) is 14.5. The fraction of sp³-hybridized carbons (Fsp3) is 0.412. The van der Waals surface area contributed by atoms with Crippen LogP contribution in [0.2, 0.25) is 5.02 Å². The first-order valence-corrected chi connectivity index (χ1v) is 7.72. The van der Waals surface area contributed by atoms with E-state index in [0.717, 1.165) is 37.8 Å². The van der Waals surface area contributed by atoms with E-state index >= 15 is 0 Å². The van der Waals surface area contributed by atoms with E-state index < -0.39 is 0 Å². The molecular weight excluding hydrogens is 286 g/mol. The van der Waals surface area contributed by atoms with Crippen molar-refractivity contribution in [1.82, 2.24) is 5.32 Å². The first-order chi connectivity index (χ1) is 10.0. The highest BCUT2D eigenvalue weighted by molar-refractivity contribution is 6.31. The maximum absolute atomic E-state index is 9.67. The molecule has 0 spiro atoms. The minimum Gasteiger partial charge on any atom is -0.504 e. The Labute approximate surface area is 129 Å². The van der Waals surface area contributed by atoms with Crippen molar-refractivity contribution in [2.45, 2.75) is 38.6 Å². The minimum absolute atomic E-state index is 0.112. The average Bonchev–Trinajstić information content (AvgIpc) is 2.44. The number of nitrogens with one attached hydrogen (secondary N) is 1. The molecule has 1 atom stereocenters. The molecule has 0 amide bonds. The number of allylic oxidation sites excluding steroid dienone is 2. The van der Waals surface area contributed by atoms with Crippen LogP contribution < -0.4 is 5.32 Å². The molecule has 21 heavy (non-hydrogen) atoms. The van der Waals surface area contributed by atoms with Gasteiger partial charge in [0.2, 0.25) is 0 Å². The number of phenolic OH excluding ortho intramolecular Hbond substituents is 2. The topological polar surface area (TPSA) is 52.5 Å². The van der Waals surface area contributed by atoms with E-state index in [1.54, 1.807) is 11.6 Å². The third kappa shape index (κ3) is 2.94. The van der Waals surface area contributed by atoms with Crippen molar-refractivity contribution in [2.75, 3.05) is 6.54 Å². The summed E-state index contributed by atoms with van der Waals surface area (Å²) in [6.07, 6.45) is 6.24. The van der Waals surface area contributed by atoms with Gasteiger partial charge < -0.3 is 15.5 Å². The molecule has 112 valence electrons. The molecule has 0 radical (unpaired) electrons. The largest absolute Gasteiger partial charge is 0.504 e. The fourth-order valence-electron chi connectivity index (χ4n) is 3.28. The van der Waals surface area contributed by atoms with Crippen LogP contribution in [0.5, 0.6) is 11.5 Å². The summed E-state index contributed by atoms with van der Waals surface area (Å²) < 4.78 is 0. The Bertz CT molecular complexity index is 634. The maximum Gasteiger partial charge on any atom is 0.158 e. The van der Waals surface area contributed by atoms with Crippen LogP contribution >= 0.6 is 11.6 Å². The number of phenols is 2. The third-order valence-electron chi connectivity index (χ3n) is 4.42. The summed E-state index contributed by atoms with van der Waals surface area (Å²) in [5, 5.41) is 23.2. The summed E-state index contributed by atoms with van der Waals surface area (Å²) in [5.41, 5.74) is 5.34. The van der Waals surface area contributed by atoms with Gasteiger partial charge in [-0.3, -0.25) is 0 Å². The molecule has 0 saturated carbocycles. The van der Waals surface area contributed by atoms with Crippen molar-refractivity contribution in [3.8, 4) is 11.5 Å². The van der Waals surface area contributed by atoms with E-state index in [9.17, 15) is 10.2 Å². The molecule has 1 aromatic rings. The molecule has 0 saturated heterocycles. The third-order valence-corrected chi connectivity index (χ3v) is 4.77. The van der Waals surface area contributed by atoms with Gasteiger partial charge in [-0.05, 0) is 56.4 Å². The summed E-state index contributed by atoms with van der Waals surface area (Å²) in [5.74, 6) is -0.282. The summed E-state index contributed by atoms with van der Waals surface area (Å²) in [7, 11) is 0. The van der Waals surface area contributed by atoms with Crippen LogP contribution in [-0.4, -0.2) is 22.8 Å². The molecular formula is C17H20ClNO2. The van der Waals surface area contributed by atoms with Gasteiger partial charge in [0.05, 0.1) is 0 Å². The predicted octanol–water partition coefficient (Wildman–Crippen LogP) is 3.69. The fourth-order valence-corrected chi connectivity index (χ4v) is 3.51. The van der Waals surface area contributed by atoms with Gasteiger partial charge in [-0.25, -0.2) is 0 Å². The van der Waals surface area contributed by atoms with Crippen LogP contribution in [0.1, 0.15) is 31.7 Å². The lowest BCUT2D eigenvalue weighted by molar-refractivity contribution is 0.402. The van der Waals surface area contributed by atoms with Crippen molar-refractivity contribution in [2.24, 2.45) is 0 Å². The van der Waals surface area contributed by atoms with Gasteiger partial charge in [0.1, 0.15) is 0 Å². The smallest absolute Gasteiger partial charge is 0.158 e. The monoisotopic (exact) mass is 305 g/mol. The number of rotatable bonds is 2. The Balaban J connectivity index is 1.85.